The molecule has 0 unspecified atom stereocenters. The molecule has 0 spiro atoms. The summed E-state index contributed by atoms with van der Waals surface area (Å²) in [6.45, 7) is 8.03. The molecule has 1 amide bonds. The molecule has 1 rings (SSSR count). The lowest BCUT2D eigenvalue weighted by Crippen LogP contribution is -2.49. The quantitative estimate of drug-likeness (QED) is 0.685. The number of carbonyl (C=O) groups is 1. The highest BCUT2D eigenvalue weighted by atomic mass is 32.2. The molecule has 1 fully saturated rings. The molecule has 0 saturated carbocycles. The van der Waals surface area contributed by atoms with E-state index in [1.165, 1.54) is 8.61 Å². The summed E-state index contributed by atoms with van der Waals surface area (Å²) in [4.78, 5) is 11.8. The Balaban J connectivity index is 2.72. The molecule has 0 aliphatic carbocycles. The first-order chi connectivity index (χ1) is 9.37. The average molecular weight is 306 g/mol. The van der Waals surface area contributed by atoms with Gasteiger partial charge in [-0.2, -0.15) is 17.0 Å². The molecule has 1 heterocycles. The number of rotatable bonds is 6. The maximum Gasteiger partial charge on any atom is 0.282 e. The lowest BCUT2D eigenvalue weighted by Gasteiger charge is -2.28. The van der Waals surface area contributed by atoms with Crippen LogP contribution in [0.4, 0.5) is 0 Å². The Bertz CT molecular complexity index is 403. The molecule has 1 saturated heterocycles. The molecule has 0 aromatic heterocycles. The molecular weight excluding hydrogens is 280 g/mol. The van der Waals surface area contributed by atoms with Crippen LogP contribution in [0.25, 0.3) is 0 Å². The van der Waals surface area contributed by atoms with Gasteiger partial charge in [-0.05, 0) is 26.8 Å². The molecule has 7 nitrogen and oxygen atoms in total. The van der Waals surface area contributed by atoms with Crippen LogP contribution in [0.3, 0.4) is 0 Å². The SMILES string of the molecule is CCN(CC(=O)NC(C)C)S(=O)(=O)N1CCCNCC1. The Morgan fingerprint density at radius 1 is 1.35 bits per heavy atom. The highest BCUT2D eigenvalue weighted by Crippen LogP contribution is 2.10. The molecule has 1 aliphatic rings. The Hall–Kier alpha value is -0.700. The second-order valence-corrected chi connectivity index (χ2v) is 7.09. The third kappa shape index (κ3) is 5.01. The van der Waals surface area contributed by atoms with Gasteiger partial charge in [-0.15, -0.1) is 0 Å². The van der Waals surface area contributed by atoms with Gasteiger partial charge in [0.05, 0.1) is 6.54 Å². The first kappa shape index (κ1) is 17.4. The minimum Gasteiger partial charge on any atom is -0.353 e. The van der Waals surface area contributed by atoms with Crippen LogP contribution < -0.4 is 10.6 Å². The number of carbonyl (C=O) groups excluding carboxylic acids is 1. The number of amides is 1. The summed E-state index contributed by atoms with van der Waals surface area (Å²) in [7, 11) is -3.56. The average Bonchev–Trinajstić information content (AvgIpc) is 2.64. The highest BCUT2D eigenvalue weighted by molar-refractivity contribution is 7.86. The van der Waals surface area contributed by atoms with E-state index in [1.807, 2.05) is 13.8 Å². The van der Waals surface area contributed by atoms with E-state index < -0.39 is 10.2 Å². The van der Waals surface area contributed by atoms with Crippen LogP contribution >= 0.6 is 0 Å². The minimum absolute atomic E-state index is 0.00583. The first-order valence-electron chi connectivity index (χ1n) is 7.13. The van der Waals surface area contributed by atoms with Gasteiger partial charge in [-0.25, -0.2) is 0 Å². The fourth-order valence-corrected chi connectivity index (χ4v) is 3.71. The van der Waals surface area contributed by atoms with E-state index in [4.69, 9.17) is 0 Å². The van der Waals surface area contributed by atoms with Gasteiger partial charge < -0.3 is 10.6 Å². The van der Waals surface area contributed by atoms with Crippen LogP contribution in [0, 0.1) is 0 Å². The molecule has 0 aromatic carbocycles. The van der Waals surface area contributed by atoms with Gasteiger partial charge >= 0.3 is 0 Å². The van der Waals surface area contributed by atoms with Crippen molar-refractivity contribution in [2.45, 2.75) is 33.2 Å². The molecule has 20 heavy (non-hydrogen) atoms. The van der Waals surface area contributed by atoms with Crippen molar-refractivity contribution in [2.24, 2.45) is 0 Å². The van der Waals surface area contributed by atoms with E-state index in [9.17, 15) is 13.2 Å². The maximum absolute atomic E-state index is 12.5. The lowest BCUT2D eigenvalue weighted by molar-refractivity contribution is -0.121. The van der Waals surface area contributed by atoms with Gasteiger partial charge in [-0.3, -0.25) is 4.79 Å². The maximum atomic E-state index is 12.5. The molecule has 2 N–H and O–H groups in total. The summed E-state index contributed by atoms with van der Waals surface area (Å²) in [6, 6.07) is 0.00583. The van der Waals surface area contributed by atoms with Gasteiger partial charge in [0.2, 0.25) is 5.91 Å². The van der Waals surface area contributed by atoms with Gasteiger partial charge in [0, 0.05) is 32.2 Å². The van der Waals surface area contributed by atoms with Gasteiger partial charge in [0.25, 0.3) is 10.2 Å². The predicted molar refractivity (Wildman–Crippen MR) is 78.5 cm³/mol. The van der Waals surface area contributed by atoms with E-state index in [0.717, 1.165) is 13.0 Å². The number of hydrogen-bond acceptors (Lipinski definition) is 4. The second kappa shape index (κ2) is 7.92. The van der Waals surface area contributed by atoms with Crippen molar-refractivity contribution in [3.05, 3.63) is 0 Å². The largest absolute Gasteiger partial charge is 0.353 e. The van der Waals surface area contributed by atoms with Gasteiger partial charge in [-0.1, -0.05) is 6.92 Å². The predicted octanol–water partition coefficient (Wildman–Crippen LogP) is -0.627. The van der Waals surface area contributed by atoms with Gasteiger partial charge in [0.1, 0.15) is 0 Å². The molecule has 0 atom stereocenters. The third-order valence-corrected chi connectivity index (χ3v) is 5.13. The van der Waals surface area contributed by atoms with Crippen LogP contribution in [0.5, 0.6) is 0 Å². The minimum atomic E-state index is -3.56. The highest BCUT2D eigenvalue weighted by Gasteiger charge is 2.30. The van der Waals surface area contributed by atoms with Crippen LogP contribution in [-0.2, 0) is 15.0 Å². The fraction of sp³-hybridized carbons (Fsp3) is 0.917. The van der Waals surface area contributed by atoms with Crippen molar-refractivity contribution in [1.82, 2.24) is 19.2 Å². The van der Waals surface area contributed by atoms with Crippen LogP contribution in [-0.4, -0.2) is 68.2 Å². The topological polar surface area (TPSA) is 81.8 Å². The molecular formula is C12H26N4O3S. The van der Waals surface area contributed by atoms with Gasteiger partial charge in [0.15, 0.2) is 0 Å². The summed E-state index contributed by atoms with van der Waals surface area (Å²) in [6.07, 6.45) is 0.787. The normalized spacial score (nSPS) is 18.2. The van der Waals surface area contributed by atoms with Crippen LogP contribution in [0.2, 0.25) is 0 Å². The Kier molecular flexibility index (Phi) is 6.87. The summed E-state index contributed by atoms with van der Waals surface area (Å²) < 4.78 is 27.8. The Morgan fingerprint density at radius 2 is 2.05 bits per heavy atom. The number of likely N-dealkylation sites (N-methyl/N-ethyl adjacent to an activating group) is 1. The number of nitrogens with zero attached hydrogens (tertiary/aromatic N) is 2. The van der Waals surface area contributed by atoms with E-state index in [1.54, 1.807) is 6.92 Å². The summed E-state index contributed by atoms with van der Waals surface area (Å²) in [5.41, 5.74) is 0. The zero-order chi connectivity index (χ0) is 15.2. The molecule has 0 aromatic rings. The summed E-state index contributed by atoms with van der Waals surface area (Å²) in [5, 5.41) is 5.89. The van der Waals surface area contributed by atoms with E-state index in [-0.39, 0.29) is 25.0 Å². The molecule has 118 valence electrons. The standard InChI is InChI=1S/C12H26N4O3S/c1-4-15(10-12(17)14-11(2)3)20(18,19)16-8-5-6-13-7-9-16/h11,13H,4-10H2,1-3H3,(H,14,17). The second-order valence-electron chi connectivity index (χ2n) is 5.16. The van der Waals surface area contributed by atoms with E-state index >= 15 is 0 Å². The Morgan fingerprint density at radius 3 is 2.65 bits per heavy atom. The van der Waals surface area contributed by atoms with Crippen LogP contribution in [0.1, 0.15) is 27.2 Å². The van der Waals surface area contributed by atoms with Crippen molar-refractivity contribution < 1.29 is 13.2 Å². The van der Waals surface area contributed by atoms with Crippen molar-refractivity contribution in [3.8, 4) is 0 Å². The van der Waals surface area contributed by atoms with Crippen molar-refractivity contribution in [3.63, 3.8) is 0 Å². The van der Waals surface area contributed by atoms with Crippen molar-refractivity contribution in [2.75, 3.05) is 39.3 Å². The van der Waals surface area contributed by atoms with Crippen LogP contribution in [0.15, 0.2) is 0 Å². The lowest BCUT2D eigenvalue weighted by atomic mass is 10.4. The molecule has 8 heteroatoms. The molecule has 0 bridgehead atoms. The third-order valence-electron chi connectivity index (χ3n) is 3.07. The number of nitrogens with one attached hydrogen (secondary N) is 2. The summed E-state index contributed by atoms with van der Waals surface area (Å²) >= 11 is 0. The number of hydrogen-bond donors (Lipinski definition) is 2. The fourth-order valence-electron chi connectivity index (χ4n) is 2.10. The van der Waals surface area contributed by atoms with E-state index in [0.29, 0.717) is 19.6 Å². The monoisotopic (exact) mass is 306 g/mol. The zero-order valence-electron chi connectivity index (χ0n) is 12.6. The summed E-state index contributed by atoms with van der Waals surface area (Å²) in [5.74, 6) is -0.265. The Labute approximate surface area is 121 Å². The first-order valence-corrected chi connectivity index (χ1v) is 8.53. The van der Waals surface area contributed by atoms with E-state index in [2.05, 4.69) is 10.6 Å². The molecule has 1 aliphatic heterocycles. The zero-order valence-corrected chi connectivity index (χ0v) is 13.4. The van der Waals surface area contributed by atoms with Crippen molar-refractivity contribution >= 4 is 16.1 Å². The molecule has 0 radical (unpaired) electrons. The van der Waals surface area contributed by atoms with Crippen molar-refractivity contribution in [1.29, 1.82) is 0 Å². The smallest absolute Gasteiger partial charge is 0.282 e.